The maximum absolute atomic E-state index is 12.1. The van der Waals surface area contributed by atoms with Crippen molar-refractivity contribution >= 4 is 22.7 Å². The Kier molecular flexibility index (Phi) is 4.03. The minimum atomic E-state index is -1.12. The third-order valence-corrected chi connectivity index (χ3v) is 3.22. The molecule has 0 aliphatic carbocycles. The third kappa shape index (κ3) is 2.37. The van der Waals surface area contributed by atoms with Gasteiger partial charge in [-0.05, 0) is 35.7 Å². The predicted octanol–water partition coefficient (Wildman–Crippen LogP) is 3.28. The lowest BCUT2D eigenvalue weighted by Crippen LogP contribution is -2.13. The summed E-state index contributed by atoms with van der Waals surface area (Å²) in [5.74, 6) is -1.71. The van der Waals surface area contributed by atoms with Crippen molar-refractivity contribution in [1.29, 1.82) is 0 Å². The molecule has 2 aromatic carbocycles. The third-order valence-electron chi connectivity index (χ3n) is 3.22. The van der Waals surface area contributed by atoms with Crippen LogP contribution in [0.25, 0.3) is 10.8 Å². The van der Waals surface area contributed by atoms with E-state index >= 15 is 0 Å². The van der Waals surface area contributed by atoms with Gasteiger partial charge in [-0.1, -0.05) is 31.2 Å². The molecule has 0 bridgehead atoms. The maximum atomic E-state index is 12.1. The summed E-state index contributed by atoms with van der Waals surface area (Å²) < 4.78 is 5.00. The number of carbonyl (C=O) groups excluding carboxylic acids is 1. The van der Waals surface area contributed by atoms with Crippen molar-refractivity contribution in [1.82, 2.24) is 0 Å². The van der Waals surface area contributed by atoms with Crippen LogP contribution >= 0.6 is 0 Å². The second-order valence-electron chi connectivity index (χ2n) is 4.38. The molecule has 2 aromatic rings. The van der Waals surface area contributed by atoms with Crippen LogP contribution in [0.15, 0.2) is 30.3 Å². The zero-order valence-electron chi connectivity index (χ0n) is 11.5. The van der Waals surface area contributed by atoms with Crippen LogP contribution in [-0.2, 0) is 11.2 Å². The number of benzene rings is 2. The molecule has 4 nitrogen and oxygen atoms in total. The van der Waals surface area contributed by atoms with Gasteiger partial charge in [0.1, 0.15) is 0 Å². The summed E-state index contributed by atoms with van der Waals surface area (Å²) >= 11 is 0. The van der Waals surface area contributed by atoms with Crippen LogP contribution in [0.4, 0.5) is 0 Å². The number of aromatic carboxylic acids is 1. The van der Waals surface area contributed by atoms with E-state index in [2.05, 4.69) is 0 Å². The normalized spacial score (nSPS) is 10.5. The van der Waals surface area contributed by atoms with Gasteiger partial charge in [0.05, 0.1) is 17.7 Å². The van der Waals surface area contributed by atoms with Crippen LogP contribution in [0.5, 0.6) is 0 Å². The molecule has 0 aliphatic rings. The van der Waals surface area contributed by atoms with Crippen LogP contribution in [0.1, 0.15) is 40.1 Å². The molecule has 0 aliphatic heterocycles. The topological polar surface area (TPSA) is 63.6 Å². The van der Waals surface area contributed by atoms with Gasteiger partial charge in [-0.25, -0.2) is 9.59 Å². The van der Waals surface area contributed by atoms with E-state index in [1.165, 1.54) is 0 Å². The lowest BCUT2D eigenvalue weighted by molar-refractivity contribution is 0.0517. The second kappa shape index (κ2) is 5.74. The highest BCUT2D eigenvalue weighted by Gasteiger charge is 2.22. The lowest BCUT2D eigenvalue weighted by atomic mass is 9.93. The quantitative estimate of drug-likeness (QED) is 0.867. The number of carbonyl (C=O) groups is 2. The molecule has 4 heteroatoms. The molecule has 0 aromatic heterocycles. The Morgan fingerprint density at radius 3 is 2.35 bits per heavy atom. The summed E-state index contributed by atoms with van der Waals surface area (Å²) in [7, 11) is 0. The van der Waals surface area contributed by atoms with Gasteiger partial charge in [-0.2, -0.15) is 0 Å². The van der Waals surface area contributed by atoms with E-state index in [1.54, 1.807) is 25.1 Å². The molecule has 0 atom stereocenters. The monoisotopic (exact) mass is 272 g/mol. The molecular formula is C16H16O4. The van der Waals surface area contributed by atoms with E-state index in [0.29, 0.717) is 11.8 Å². The first-order valence-electron chi connectivity index (χ1n) is 6.55. The first-order chi connectivity index (χ1) is 9.60. The Labute approximate surface area is 117 Å². The van der Waals surface area contributed by atoms with Crippen molar-refractivity contribution in [3.63, 3.8) is 0 Å². The predicted molar refractivity (Wildman–Crippen MR) is 76.2 cm³/mol. The maximum Gasteiger partial charge on any atom is 0.339 e. The van der Waals surface area contributed by atoms with Crippen molar-refractivity contribution in [2.45, 2.75) is 20.3 Å². The number of hydrogen-bond acceptors (Lipinski definition) is 3. The summed E-state index contributed by atoms with van der Waals surface area (Å²) in [6.07, 6.45) is 0.698. The van der Waals surface area contributed by atoms with Gasteiger partial charge in [0, 0.05) is 0 Å². The Hall–Kier alpha value is -2.36. The zero-order chi connectivity index (χ0) is 14.7. The fourth-order valence-electron chi connectivity index (χ4n) is 2.33. The van der Waals surface area contributed by atoms with Gasteiger partial charge in [-0.3, -0.25) is 0 Å². The van der Waals surface area contributed by atoms with E-state index in [1.807, 2.05) is 19.1 Å². The summed E-state index contributed by atoms with van der Waals surface area (Å²) in [6, 6.07) is 8.87. The Balaban J connectivity index is 2.84. The largest absolute Gasteiger partial charge is 0.478 e. The molecule has 0 radical (unpaired) electrons. The minimum absolute atomic E-state index is 0.000926. The van der Waals surface area contributed by atoms with Gasteiger partial charge >= 0.3 is 11.9 Å². The van der Waals surface area contributed by atoms with Crippen LogP contribution < -0.4 is 0 Å². The van der Waals surface area contributed by atoms with Crippen LogP contribution in [0.3, 0.4) is 0 Å². The molecule has 0 unspecified atom stereocenters. The van der Waals surface area contributed by atoms with Gasteiger partial charge in [0.15, 0.2) is 0 Å². The lowest BCUT2D eigenvalue weighted by Gasteiger charge is -2.13. The van der Waals surface area contributed by atoms with E-state index in [0.717, 1.165) is 10.9 Å². The van der Waals surface area contributed by atoms with Crippen molar-refractivity contribution in [3.05, 3.63) is 47.0 Å². The molecule has 0 saturated carbocycles. The van der Waals surface area contributed by atoms with Gasteiger partial charge in [-0.15, -0.1) is 0 Å². The number of hydrogen-bond donors (Lipinski definition) is 1. The van der Waals surface area contributed by atoms with Gasteiger partial charge in [0.25, 0.3) is 0 Å². The fourth-order valence-corrected chi connectivity index (χ4v) is 2.33. The Morgan fingerprint density at radius 1 is 1.15 bits per heavy atom. The Bertz CT molecular complexity index is 673. The highest BCUT2D eigenvalue weighted by Crippen LogP contribution is 2.27. The highest BCUT2D eigenvalue weighted by molar-refractivity contribution is 6.13. The SMILES string of the molecule is CCOC(=O)c1c(C(=O)O)cc(CC)c2ccccc12. The number of aryl methyl sites for hydroxylation is 1. The van der Waals surface area contributed by atoms with Crippen LogP contribution in [0.2, 0.25) is 0 Å². The van der Waals surface area contributed by atoms with E-state index in [9.17, 15) is 14.7 Å². The number of esters is 1. The molecule has 0 amide bonds. The molecule has 2 rings (SSSR count). The minimum Gasteiger partial charge on any atom is -0.478 e. The van der Waals surface area contributed by atoms with Crippen LogP contribution in [-0.4, -0.2) is 23.7 Å². The molecule has 0 saturated heterocycles. The van der Waals surface area contributed by atoms with Crippen molar-refractivity contribution in [2.75, 3.05) is 6.61 Å². The number of carboxylic acid groups (broad SMARTS) is 1. The molecule has 20 heavy (non-hydrogen) atoms. The van der Waals surface area contributed by atoms with Crippen molar-refractivity contribution in [2.24, 2.45) is 0 Å². The zero-order valence-corrected chi connectivity index (χ0v) is 11.5. The summed E-state index contributed by atoms with van der Waals surface area (Å²) in [6.45, 7) is 3.86. The fraction of sp³-hybridized carbons (Fsp3) is 0.250. The second-order valence-corrected chi connectivity index (χ2v) is 4.38. The molecule has 0 spiro atoms. The summed E-state index contributed by atoms with van der Waals surface area (Å²) in [4.78, 5) is 23.5. The molecule has 1 N–H and O–H groups in total. The summed E-state index contributed by atoms with van der Waals surface area (Å²) in [5, 5.41) is 10.9. The van der Waals surface area contributed by atoms with Gasteiger partial charge in [0.2, 0.25) is 0 Å². The van der Waals surface area contributed by atoms with Crippen LogP contribution in [0, 0.1) is 0 Å². The molecular weight excluding hydrogens is 256 g/mol. The van der Waals surface area contributed by atoms with Crippen molar-refractivity contribution < 1.29 is 19.4 Å². The summed E-state index contributed by atoms with van der Waals surface area (Å²) in [5.41, 5.74) is 1.04. The molecule has 104 valence electrons. The van der Waals surface area contributed by atoms with Crippen molar-refractivity contribution in [3.8, 4) is 0 Å². The molecule has 0 fully saturated rings. The number of ether oxygens (including phenoxy) is 1. The highest BCUT2D eigenvalue weighted by atomic mass is 16.5. The van der Waals surface area contributed by atoms with Gasteiger partial charge < -0.3 is 9.84 Å². The first kappa shape index (κ1) is 14.1. The van der Waals surface area contributed by atoms with E-state index in [4.69, 9.17) is 4.74 Å². The van der Waals surface area contributed by atoms with E-state index < -0.39 is 11.9 Å². The number of carboxylic acids is 1. The Morgan fingerprint density at radius 2 is 1.80 bits per heavy atom. The average molecular weight is 272 g/mol. The van der Waals surface area contributed by atoms with E-state index in [-0.39, 0.29) is 17.7 Å². The number of rotatable bonds is 4. The first-order valence-corrected chi connectivity index (χ1v) is 6.55. The number of fused-ring (bicyclic) bond motifs is 1. The average Bonchev–Trinajstić information content (AvgIpc) is 2.45. The molecule has 0 heterocycles. The smallest absolute Gasteiger partial charge is 0.339 e. The standard InChI is InChI=1S/C16H16O4/c1-3-10-9-13(15(17)18)14(16(19)20-4-2)12-8-6-5-7-11(10)12/h5-9H,3-4H2,1-2H3,(H,17,18).